The number of benzene rings is 2. The second-order valence-corrected chi connectivity index (χ2v) is 9.59. The van der Waals surface area contributed by atoms with Crippen LogP contribution in [0, 0.1) is 20.8 Å². The summed E-state index contributed by atoms with van der Waals surface area (Å²) < 4.78 is 1.33. The number of carboxylic acid groups (broad SMARTS) is 1. The SMILES string of the molecule is Cc1ccc(-c2c(C)sc3nc(-c4cccc(C)c4)n(C(C)(C)C(=O)O)c(=O)c23)cc1. The summed E-state index contributed by atoms with van der Waals surface area (Å²) in [7, 11) is 0. The van der Waals surface area contributed by atoms with Crippen LogP contribution in [-0.2, 0) is 10.3 Å². The van der Waals surface area contributed by atoms with E-state index in [1.807, 2.05) is 69.3 Å². The third-order valence-electron chi connectivity index (χ3n) is 5.60. The van der Waals surface area contributed by atoms with Gasteiger partial charge in [0.1, 0.15) is 16.2 Å². The van der Waals surface area contributed by atoms with Crippen molar-refractivity contribution in [2.75, 3.05) is 0 Å². The molecule has 2 heterocycles. The minimum atomic E-state index is -1.47. The molecule has 0 fully saturated rings. The van der Waals surface area contributed by atoms with Gasteiger partial charge in [-0.2, -0.15) is 0 Å². The molecule has 0 amide bonds. The summed E-state index contributed by atoms with van der Waals surface area (Å²) in [5.74, 6) is -0.723. The third kappa shape index (κ3) is 3.47. The first-order valence-electron chi connectivity index (χ1n) is 10.1. The van der Waals surface area contributed by atoms with Gasteiger partial charge in [0.05, 0.1) is 5.39 Å². The quantitative estimate of drug-likeness (QED) is 0.460. The summed E-state index contributed by atoms with van der Waals surface area (Å²) in [6, 6.07) is 15.6. The molecule has 0 unspecified atom stereocenters. The number of hydrogen-bond donors (Lipinski definition) is 1. The minimum Gasteiger partial charge on any atom is -0.480 e. The Bertz CT molecular complexity index is 1380. The molecule has 0 radical (unpaired) electrons. The van der Waals surface area contributed by atoms with Crippen molar-refractivity contribution in [1.29, 1.82) is 0 Å². The van der Waals surface area contributed by atoms with Gasteiger partial charge in [-0.3, -0.25) is 9.36 Å². The number of nitrogens with zero attached hydrogens (tertiary/aromatic N) is 2. The molecular weight excluding hydrogens is 408 g/mol. The molecule has 2 aromatic heterocycles. The zero-order valence-electron chi connectivity index (χ0n) is 18.2. The van der Waals surface area contributed by atoms with E-state index in [9.17, 15) is 14.7 Å². The lowest BCUT2D eigenvalue weighted by Gasteiger charge is -2.26. The monoisotopic (exact) mass is 432 g/mol. The second-order valence-electron chi connectivity index (χ2n) is 8.39. The van der Waals surface area contributed by atoms with E-state index >= 15 is 0 Å². The number of aliphatic carboxylic acids is 1. The number of carbonyl (C=O) groups is 1. The fourth-order valence-corrected chi connectivity index (χ4v) is 4.86. The number of fused-ring (bicyclic) bond motifs is 1. The van der Waals surface area contributed by atoms with Crippen LogP contribution in [0.1, 0.15) is 29.9 Å². The average molecular weight is 433 g/mol. The van der Waals surface area contributed by atoms with E-state index in [0.717, 1.165) is 32.7 Å². The minimum absolute atomic E-state index is 0.339. The fourth-order valence-electron chi connectivity index (χ4n) is 3.82. The van der Waals surface area contributed by atoms with Crippen LogP contribution in [0.25, 0.3) is 32.7 Å². The van der Waals surface area contributed by atoms with Crippen molar-refractivity contribution in [3.05, 3.63) is 74.9 Å². The predicted molar refractivity (Wildman–Crippen MR) is 126 cm³/mol. The van der Waals surface area contributed by atoms with Gasteiger partial charge in [0, 0.05) is 16.0 Å². The van der Waals surface area contributed by atoms with Gasteiger partial charge in [0.25, 0.3) is 5.56 Å². The van der Waals surface area contributed by atoms with Gasteiger partial charge in [-0.1, -0.05) is 53.6 Å². The molecule has 0 atom stereocenters. The molecule has 5 nitrogen and oxygen atoms in total. The van der Waals surface area contributed by atoms with Crippen molar-refractivity contribution >= 4 is 27.5 Å². The summed E-state index contributed by atoms with van der Waals surface area (Å²) in [4.78, 5) is 32.5. The highest BCUT2D eigenvalue weighted by Gasteiger charge is 2.35. The van der Waals surface area contributed by atoms with Crippen LogP contribution in [-0.4, -0.2) is 20.6 Å². The van der Waals surface area contributed by atoms with E-state index in [1.54, 1.807) is 0 Å². The second kappa shape index (κ2) is 7.46. The van der Waals surface area contributed by atoms with Crippen LogP contribution < -0.4 is 5.56 Å². The Morgan fingerprint density at radius 1 is 1.00 bits per heavy atom. The predicted octanol–water partition coefficient (Wildman–Crippen LogP) is 5.54. The van der Waals surface area contributed by atoms with Crippen molar-refractivity contribution in [2.45, 2.75) is 40.2 Å². The van der Waals surface area contributed by atoms with Crippen molar-refractivity contribution in [2.24, 2.45) is 0 Å². The molecule has 158 valence electrons. The smallest absolute Gasteiger partial charge is 0.329 e. The van der Waals surface area contributed by atoms with Gasteiger partial charge in [-0.25, -0.2) is 9.78 Å². The van der Waals surface area contributed by atoms with E-state index < -0.39 is 11.5 Å². The third-order valence-corrected chi connectivity index (χ3v) is 6.60. The highest BCUT2D eigenvalue weighted by molar-refractivity contribution is 7.19. The molecule has 0 saturated heterocycles. The van der Waals surface area contributed by atoms with E-state index in [4.69, 9.17) is 4.98 Å². The molecule has 0 aliphatic rings. The van der Waals surface area contributed by atoms with Crippen LogP contribution >= 0.6 is 11.3 Å². The number of rotatable bonds is 4. The summed E-state index contributed by atoms with van der Waals surface area (Å²) in [5.41, 5.74) is 2.79. The molecule has 0 spiro atoms. The Labute approximate surface area is 184 Å². The lowest BCUT2D eigenvalue weighted by atomic mass is 10.0. The van der Waals surface area contributed by atoms with Crippen LogP contribution in [0.2, 0.25) is 0 Å². The van der Waals surface area contributed by atoms with Gasteiger partial charge < -0.3 is 5.11 Å². The first-order valence-corrected chi connectivity index (χ1v) is 10.9. The Balaban J connectivity index is 2.14. The number of hydrogen-bond acceptors (Lipinski definition) is 4. The molecule has 31 heavy (non-hydrogen) atoms. The van der Waals surface area contributed by atoms with Gasteiger partial charge in [-0.05, 0) is 46.2 Å². The van der Waals surface area contributed by atoms with Gasteiger partial charge >= 0.3 is 5.97 Å². The Morgan fingerprint density at radius 3 is 2.29 bits per heavy atom. The summed E-state index contributed by atoms with van der Waals surface area (Å²) in [6.45, 7) is 9.01. The molecule has 1 N–H and O–H groups in total. The van der Waals surface area contributed by atoms with Crippen molar-refractivity contribution in [3.63, 3.8) is 0 Å². The molecule has 0 bridgehead atoms. The zero-order valence-corrected chi connectivity index (χ0v) is 19.0. The molecule has 0 aliphatic heterocycles. The van der Waals surface area contributed by atoms with Crippen LogP contribution in [0.15, 0.2) is 53.3 Å². The number of aryl methyl sites for hydroxylation is 3. The fraction of sp³-hybridized carbons (Fsp3) is 0.240. The lowest BCUT2D eigenvalue weighted by molar-refractivity contribution is -0.145. The van der Waals surface area contributed by atoms with E-state index in [1.165, 1.54) is 29.8 Å². The first kappa shape index (κ1) is 21.0. The van der Waals surface area contributed by atoms with Gasteiger partial charge in [0.2, 0.25) is 0 Å². The van der Waals surface area contributed by atoms with Crippen LogP contribution in [0.4, 0.5) is 0 Å². The maximum absolute atomic E-state index is 13.9. The molecule has 2 aromatic carbocycles. The number of aromatic nitrogens is 2. The number of thiophene rings is 1. The van der Waals surface area contributed by atoms with Crippen molar-refractivity contribution in [1.82, 2.24) is 9.55 Å². The van der Waals surface area contributed by atoms with Crippen molar-refractivity contribution in [3.8, 4) is 22.5 Å². The molecule has 0 saturated carbocycles. The maximum atomic E-state index is 13.9. The Kier molecular flexibility index (Phi) is 5.06. The Hall–Kier alpha value is -3.25. The summed E-state index contributed by atoms with van der Waals surface area (Å²) in [5, 5.41) is 10.4. The van der Waals surface area contributed by atoms with E-state index in [-0.39, 0.29) is 5.56 Å². The zero-order chi connectivity index (χ0) is 22.5. The average Bonchev–Trinajstić information content (AvgIpc) is 3.04. The molecular formula is C25H24N2O3S. The van der Waals surface area contributed by atoms with Gasteiger partial charge in [0.15, 0.2) is 0 Å². The van der Waals surface area contributed by atoms with E-state index in [0.29, 0.717) is 16.0 Å². The van der Waals surface area contributed by atoms with E-state index in [2.05, 4.69) is 0 Å². The molecule has 4 aromatic rings. The van der Waals surface area contributed by atoms with Crippen LogP contribution in [0.3, 0.4) is 0 Å². The maximum Gasteiger partial charge on any atom is 0.329 e. The normalized spacial score (nSPS) is 11.8. The molecule has 0 aliphatic carbocycles. The number of carboxylic acids is 1. The molecule has 4 rings (SSSR count). The lowest BCUT2D eigenvalue weighted by Crippen LogP contribution is -2.44. The highest BCUT2D eigenvalue weighted by atomic mass is 32.1. The first-order chi connectivity index (χ1) is 14.6. The largest absolute Gasteiger partial charge is 0.480 e. The standard InChI is InChI=1S/C25H24N2O3S/c1-14-9-11-17(12-10-14)19-16(3)31-22-20(19)23(28)27(25(4,5)24(29)30)21(26-22)18-8-6-7-15(2)13-18/h6-13H,1-5H3,(H,29,30). The van der Waals surface area contributed by atoms with Crippen molar-refractivity contribution < 1.29 is 9.90 Å². The summed E-state index contributed by atoms with van der Waals surface area (Å²) in [6.07, 6.45) is 0. The topological polar surface area (TPSA) is 72.2 Å². The van der Waals surface area contributed by atoms with Gasteiger partial charge in [-0.15, -0.1) is 11.3 Å². The summed E-state index contributed by atoms with van der Waals surface area (Å²) >= 11 is 1.46. The highest BCUT2D eigenvalue weighted by Crippen LogP contribution is 2.37. The van der Waals surface area contributed by atoms with Crippen LogP contribution in [0.5, 0.6) is 0 Å². The Morgan fingerprint density at radius 2 is 1.68 bits per heavy atom. The molecule has 6 heteroatoms.